The number of para-hydroxylation sites is 1. The fourth-order valence-corrected chi connectivity index (χ4v) is 2.46. The van der Waals surface area contributed by atoms with Gasteiger partial charge >= 0.3 is 0 Å². The number of carbonyl (C=O) groups is 1. The summed E-state index contributed by atoms with van der Waals surface area (Å²) >= 11 is 1.27. The largest absolute Gasteiger partial charge is 0.360 e. The number of hydrogen-bond donors (Lipinski definition) is 2. The van der Waals surface area contributed by atoms with Crippen molar-refractivity contribution in [2.75, 3.05) is 17.2 Å². The molecule has 1 amide bonds. The molecule has 2 N–H and O–H groups in total. The van der Waals surface area contributed by atoms with E-state index in [1.165, 1.54) is 11.3 Å². The van der Waals surface area contributed by atoms with Crippen molar-refractivity contribution in [2.24, 2.45) is 0 Å². The Hall–Kier alpha value is -1.95. The van der Waals surface area contributed by atoms with Gasteiger partial charge in [0.1, 0.15) is 0 Å². The highest BCUT2D eigenvalue weighted by molar-refractivity contribution is 7.17. The lowest BCUT2D eigenvalue weighted by Gasteiger charge is -2.09. The molecule has 2 rings (SSSR count). The van der Waals surface area contributed by atoms with Crippen molar-refractivity contribution in [3.05, 3.63) is 34.3 Å². The van der Waals surface area contributed by atoms with Gasteiger partial charge in [0.2, 0.25) is 10.1 Å². The first-order valence-corrected chi connectivity index (χ1v) is 7.38. The molecule has 0 radical (unpaired) electrons. The van der Waals surface area contributed by atoms with E-state index < -0.39 is 0 Å². The van der Waals surface area contributed by atoms with E-state index in [0.717, 1.165) is 29.8 Å². The van der Waals surface area contributed by atoms with Crippen LogP contribution in [0.4, 0.5) is 10.8 Å². The monoisotopic (exact) mass is 290 g/mol. The molecule has 1 heterocycles. The van der Waals surface area contributed by atoms with Crippen LogP contribution in [-0.4, -0.2) is 22.6 Å². The quantitative estimate of drug-likeness (QED) is 0.887. The van der Waals surface area contributed by atoms with Crippen LogP contribution in [0.25, 0.3) is 0 Å². The van der Waals surface area contributed by atoms with Crippen LogP contribution in [0.2, 0.25) is 0 Å². The summed E-state index contributed by atoms with van der Waals surface area (Å²) in [5.41, 5.74) is 2.91. The van der Waals surface area contributed by atoms with Gasteiger partial charge < -0.3 is 10.6 Å². The maximum atomic E-state index is 12.2. The first-order chi connectivity index (χ1) is 9.61. The van der Waals surface area contributed by atoms with Crippen LogP contribution in [0, 0.1) is 13.8 Å². The minimum absolute atomic E-state index is 0.218. The Morgan fingerprint density at radius 2 is 1.95 bits per heavy atom. The van der Waals surface area contributed by atoms with Crippen LogP contribution >= 0.6 is 11.3 Å². The standard InChI is InChI=1S/C14H18N4OS/c1-4-8-15-14-18-17-13(20-14)12(19)16-11-9(2)6-5-7-10(11)3/h5-7H,4,8H2,1-3H3,(H,15,18)(H,16,19). The van der Waals surface area contributed by atoms with Crippen molar-refractivity contribution in [3.63, 3.8) is 0 Å². The first-order valence-electron chi connectivity index (χ1n) is 6.56. The number of hydrogen-bond acceptors (Lipinski definition) is 5. The van der Waals surface area contributed by atoms with Crippen LogP contribution in [0.1, 0.15) is 34.3 Å². The molecule has 6 heteroatoms. The third-order valence-electron chi connectivity index (χ3n) is 2.87. The van der Waals surface area contributed by atoms with Crippen LogP contribution in [-0.2, 0) is 0 Å². The van der Waals surface area contributed by atoms with Gasteiger partial charge in [-0.1, -0.05) is 36.5 Å². The normalized spacial score (nSPS) is 10.3. The number of benzene rings is 1. The summed E-state index contributed by atoms with van der Waals surface area (Å²) in [6.45, 7) is 6.84. The van der Waals surface area contributed by atoms with Gasteiger partial charge in [0.25, 0.3) is 5.91 Å². The molecule has 20 heavy (non-hydrogen) atoms. The molecule has 0 atom stereocenters. The Labute approximate surface area is 122 Å². The number of anilines is 2. The molecule has 0 aliphatic heterocycles. The first kappa shape index (κ1) is 14.5. The molecule has 106 valence electrons. The zero-order valence-electron chi connectivity index (χ0n) is 11.9. The Morgan fingerprint density at radius 1 is 1.25 bits per heavy atom. The van der Waals surface area contributed by atoms with Crippen LogP contribution in [0.3, 0.4) is 0 Å². The minimum Gasteiger partial charge on any atom is -0.360 e. The highest BCUT2D eigenvalue weighted by Gasteiger charge is 2.14. The lowest BCUT2D eigenvalue weighted by Crippen LogP contribution is -2.13. The third kappa shape index (κ3) is 3.33. The van der Waals surface area contributed by atoms with Gasteiger partial charge in [-0.15, -0.1) is 10.2 Å². The van der Waals surface area contributed by atoms with Gasteiger partial charge in [0.15, 0.2) is 0 Å². The lowest BCUT2D eigenvalue weighted by atomic mass is 10.1. The molecule has 0 aliphatic rings. The highest BCUT2D eigenvalue weighted by Crippen LogP contribution is 2.22. The van der Waals surface area contributed by atoms with E-state index in [0.29, 0.717) is 10.1 Å². The minimum atomic E-state index is -0.218. The second-order valence-electron chi connectivity index (χ2n) is 4.56. The highest BCUT2D eigenvalue weighted by atomic mass is 32.1. The van der Waals surface area contributed by atoms with E-state index in [9.17, 15) is 4.79 Å². The summed E-state index contributed by atoms with van der Waals surface area (Å²) in [4.78, 5) is 12.2. The molecule has 0 spiro atoms. The molecule has 5 nitrogen and oxygen atoms in total. The van der Waals surface area contributed by atoms with Crippen LogP contribution in [0.5, 0.6) is 0 Å². The Kier molecular flexibility index (Phi) is 4.68. The summed E-state index contributed by atoms with van der Waals surface area (Å²) in [6, 6.07) is 5.91. The van der Waals surface area contributed by atoms with Gasteiger partial charge in [0.05, 0.1) is 0 Å². The van der Waals surface area contributed by atoms with Crippen molar-refractivity contribution in [1.82, 2.24) is 10.2 Å². The fourth-order valence-electron chi connectivity index (χ4n) is 1.80. The zero-order valence-corrected chi connectivity index (χ0v) is 12.7. The average Bonchev–Trinajstić information content (AvgIpc) is 2.89. The molecule has 0 aliphatic carbocycles. The van der Waals surface area contributed by atoms with Crippen molar-refractivity contribution >= 4 is 28.1 Å². The number of aryl methyl sites for hydroxylation is 2. The molecule has 0 saturated carbocycles. The van der Waals surface area contributed by atoms with Gasteiger partial charge in [-0.3, -0.25) is 4.79 Å². The summed E-state index contributed by atoms with van der Waals surface area (Å²) in [5.74, 6) is -0.218. The van der Waals surface area contributed by atoms with Gasteiger partial charge in [-0.2, -0.15) is 0 Å². The van der Waals surface area contributed by atoms with Crippen molar-refractivity contribution in [2.45, 2.75) is 27.2 Å². The number of nitrogens with one attached hydrogen (secondary N) is 2. The molecular formula is C14H18N4OS. The van der Waals surface area contributed by atoms with Crippen molar-refractivity contribution < 1.29 is 4.79 Å². The van der Waals surface area contributed by atoms with Gasteiger partial charge in [-0.05, 0) is 31.4 Å². The van der Waals surface area contributed by atoms with Crippen LogP contribution < -0.4 is 10.6 Å². The topological polar surface area (TPSA) is 66.9 Å². The fraction of sp³-hybridized carbons (Fsp3) is 0.357. The molecule has 1 aromatic heterocycles. The molecule has 0 bridgehead atoms. The number of rotatable bonds is 5. The summed E-state index contributed by atoms with van der Waals surface area (Å²) in [7, 11) is 0. The van der Waals surface area contributed by atoms with E-state index in [4.69, 9.17) is 0 Å². The summed E-state index contributed by atoms with van der Waals surface area (Å²) in [6.07, 6.45) is 1.00. The molecular weight excluding hydrogens is 272 g/mol. The predicted octanol–water partition coefficient (Wildman–Crippen LogP) is 3.23. The van der Waals surface area contributed by atoms with Gasteiger partial charge in [0, 0.05) is 12.2 Å². The second kappa shape index (κ2) is 6.47. The lowest BCUT2D eigenvalue weighted by molar-refractivity contribution is 0.102. The number of carbonyl (C=O) groups excluding carboxylic acids is 1. The maximum absolute atomic E-state index is 12.2. The van der Waals surface area contributed by atoms with E-state index in [-0.39, 0.29) is 5.91 Å². The smallest absolute Gasteiger partial charge is 0.286 e. The third-order valence-corrected chi connectivity index (χ3v) is 3.74. The Balaban J connectivity index is 2.10. The molecule has 1 aromatic carbocycles. The molecule has 2 aromatic rings. The average molecular weight is 290 g/mol. The van der Waals surface area contributed by atoms with Gasteiger partial charge in [-0.25, -0.2) is 0 Å². The number of nitrogens with zero attached hydrogens (tertiary/aromatic N) is 2. The number of aromatic nitrogens is 2. The van der Waals surface area contributed by atoms with E-state index in [2.05, 4.69) is 27.8 Å². The van der Waals surface area contributed by atoms with E-state index in [1.54, 1.807) is 0 Å². The van der Waals surface area contributed by atoms with Crippen molar-refractivity contribution in [3.8, 4) is 0 Å². The summed E-state index contributed by atoms with van der Waals surface area (Å²) in [5, 5.41) is 14.9. The zero-order chi connectivity index (χ0) is 14.5. The Bertz CT molecular complexity index is 589. The molecule has 0 unspecified atom stereocenters. The number of amides is 1. The van der Waals surface area contributed by atoms with Crippen LogP contribution in [0.15, 0.2) is 18.2 Å². The van der Waals surface area contributed by atoms with Crippen molar-refractivity contribution in [1.29, 1.82) is 0 Å². The van der Waals surface area contributed by atoms with E-state index >= 15 is 0 Å². The predicted molar refractivity (Wildman–Crippen MR) is 82.6 cm³/mol. The maximum Gasteiger partial charge on any atom is 0.286 e. The molecule has 0 fully saturated rings. The summed E-state index contributed by atoms with van der Waals surface area (Å²) < 4.78 is 0. The van der Waals surface area contributed by atoms with E-state index in [1.807, 2.05) is 32.0 Å². The molecule has 0 saturated heterocycles. The Morgan fingerprint density at radius 3 is 2.60 bits per heavy atom. The second-order valence-corrected chi connectivity index (χ2v) is 5.54. The SMILES string of the molecule is CCCNc1nnc(C(=O)Nc2c(C)cccc2C)s1.